The maximum atomic E-state index is 12.5. The number of hydrogen-bond donors (Lipinski definition) is 1. The molecule has 0 aromatic heterocycles. The van der Waals surface area contributed by atoms with E-state index in [-0.39, 0.29) is 36.0 Å². The van der Waals surface area contributed by atoms with E-state index in [2.05, 4.69) is 4.99 Å². The number of aliphatic imine (C=N–C) groups is 1. The summed E-state index contributed by atoms with van der Waals surface area (Å²) in [6, 6.07) is -0.479. The Morgan fingerprint density at radius 3 is 2.60 bits per heavy atom. The summed E-state index contributed by atoms with van der Waals surface area (Å²) in [4.78, 5) is 40.9. The second kappa shape index (κ2) is 8.23. The molecule has 3 rings (SSSR count). The Morgan fingerprint density at radius 1 is 1.32 bits per heavy atom. The summed E-state index contributed by atoms with van der Waals surface area (Å²) >= 11 is 1.48. The van der Waals surface area contributed by atoms with Crippen molar-refractivity contribution in [1.82, 2.24) is 4.90 Å². The van der Waals surface area contributed by atoms with Gasteiger partial charge < -0.3 is 9.84 Å². The van der Waals surface area contributed by atoms with Crippen molar-refractivity contribution in [3.8, 4) is 0 Å². The fourth-order valence-electron chi connectivity index (χ4n) is 3.23. The lowest BCUT2D eigenvalue weighted by molar-refractivity contribution is -0.148. The molecule has 2 heterocycles. The predicted octanol–water partition coefficient (Wildman–Crippen LogP) is 2.00. The normalized spacial score (nSPS) is 25.6. The minimum absolute atomic E-state index is 0. The first-order valence-corrected chi connectivity index (χ1v) is 9.13. The number of rotatable bonds is 4. The van der Waals surface area contributed by atoms with E-state index in [0.717, 1.165) is 31.4 Å². The molecular formula is C16H21ClN2O5S. The molecule has 0 spiro atoms. The smallest absolute Gasteiger partial charge is 0.352 e. The highest BCUT2D eigenvalue weighted by Crippen LogP contribution is 2.42. The second-order valence-electron chi connectivity index (χ2n) is 6.15. The lowest BCUT2D eigenvalue weighted by Gasteiger charge is -2.48. The van der Waals surface area contributed by atoms with Crippen molar-refractivity contribution >= 4 is 47.7 Å². The third-order valence-electron chi connectivity index (χ3n) is 4.42. The average Bonchev–Trinajstić information content (AvgIpc) is 2.57. The van der Waals surface area contributed by atoms with Crippen LogP contribution >= 0.6 is 24.2 Å². The monoisotopic (exact) mass is 388 g/mol. The molecule has 25 heavy (non-hydrogen) atoms. The molecule has 1 N–H and O–H groups in total. The number of nitrogens with zero attached hydrogens (tertiary/aromatic N) is 2. The van der Waals surface area contributed by atoms with Crippen LogP contribution in [0.25, 0.3) is 0 Å². The van der Waals surface area contributed by atoms with Crippen molar-refractivity contribution in [2.45, 2.75) is 50.4 Å². The summed E-state index contributed by atoms with van der Waals surface area (Å²) in [5, 5.41) is 9.22. The van der Waals surface area contributed by atoms with Crippen LogP contribution in [0.4, 0.5) is 0 Å². The Hall–Kier alpha value is -1.54. The summed E-state index contributed by atoms with van der Waals surface area (Å²) in [6.07, 6.45) is 5.27. The van der Waals surface area contributed by atoms with Gasteiger partial charge in [-0.3, -0.25) is 19.5 Å². The standard InChI is InChI=1S/C16H20N2O5S.ClH/c1-9(19)23-7-10-8-24-15-12(17-11-5-3-2-4-6-11)14(20)18(15)13(10)16(21)22;/h12,15H,2-8H2,1H3,(H,21,22);1H/t12?,15-;/m0./s1. The molecule has 9 heteroatoms. The van der Waals surface area contributed by atoms with Crippen LogP contribution in [-0.4, -0.2) is 57.3 Å². The molecule has 2 aliphatic heterocycles. The molecule has 3 aliphatic rings. The number of esters is 1. The topological polar surface area (TPSA) is 96.3 Å². The molecule has 7 nitrogen and oxygen atoms in total. The molecule has 0 aromatic rings. The quantitative estimate of drug-likeness (QED) is 0.584. The van der Waals surface area contributed by atoms with E-state index in [9.17, 15) is 19.5 Å². The van der Waals surface area contributed by atoms with Crippen molar-refractivity contribution in [3.05, 3.63) is 11.3 Å². The van der Waals surface area contributed by atoms with Crippen LogP contribution in [0.15, 0.2) is 16.3 Å². The van der Waals surface area contributed by atoms with Gasteiger partial charge in [0.15, 0.2) is 6.04 Å². The molecule has 1 aliphatic carbocycles. The van der Waals surface area contributed by atoms with Crippen LogP contribution < -0.4 is 0 Å². The number of β-lactam (4-membered cyclic amide) rings is 1. The molecule has 0 radical (unpaired) electrons. The first-order chi connectivity index (χ1) is 11.5. The van der Waals surface area contributed by atoms with Crippen LogP contribution in [0, 0.1) is 0 Å². The summed E-state index contributed by atoms with van der Waals surface area (Å²) < 4.78 is 4.91. The van der Waals surface area contributed by atoms with Crippen molar-refractivity contribution < 1.29 is 24.2 Å². The maximum absolute atomic E-state index is 12.5. The first kappa shape index (κ1) is 19.8. The van der Waals surface area contributed by atoms with Crippen molar-refractivity contribution in [3.63, 3.8) is 0 Å². The molecule has 2 fully saturated rings. The van der Waals surface area contributed by atoms with Crippen molar-refractivity contribution in [2.75, 3.05) is 12.4 Å². The van der Waals surface area contributed by atoms with Gasteiger partial charge in [-0.15, -0.1) is 24.2 Å². The van der Waals surface area contributed by atoms with Gasteiger partial charge >= 0.3 is 11.9 Å². The molecule has 1 saturated heterocycles. The third kappa shape index (κ3) is 4.00. The number of halogens is 1. The van der Waals surface area contributed by atoms with E-state index in [4.69, 9.17) is 4.74 Å². The number of hydrogen-bond acceptors (Lipinski definition) is 6. The Balaban J connectivity index is 0.00000225. The highest BCUT2D eigenvalue weighted by Gasteiger charge is 2.53. The molecule has 1 saturated carbocycles. The Kier molecular flexibility index (Phi) is 6.51. The van der Waals surface area contributed by atoms with E-state index in [0.29, 0.717) is 11.3 Å². The van der Waals surface area contributed by atoms with Gasteiger partial charge in [-0.25, -0.2) is 4.79 Å². The minimum atomic E-state index is -1.17. The van der Waals surface area contributed by atoms with E-state index in [1.807, 2.05) is 0 Å². The number of thioether (sulfide) groups is 1. The van der Waals surface area contributed by atoms with Crippen LogP contribution in [-0.2, 0) is 19.1 Å². The second-order valence-corrected chi connectivity index (χ2v) is 7.25. The van der Waals surface area contributed by atoms with Crippen LogP contribution in [0.5, 0.6) is 0 Å². The molecule has 0 bridgehead atoms. The summed E-state index contributed by atoms with van der Waals surface area (Å²) in [7, 11) is 0. The third-order valence-corrected chi connectivity index (χ3v) is 5.75. The number of aliphatic carboxylic acids is 1. The molecule has 1 unspecified atom stereocenters. The largest absolute Gasteiger partial charge is 0.477 e. The molecule has 0 aromatic carbocycles. The van der Waals surface area contributed by atoms with Gasteiger partial charge in [-0.05, 0) is 25.7 Å². The lowest BCUT2D eigenvalue weighted by Crippen LogP contribution is -2.64. The van der Waals surface area contributed by atoms with Gasteiger partial charge in [0.1, 0.15) is 17.7 Å². The Morgan fingerprint density at radius 2 is 2.00 bits per heavy atom. The number of fused-ring (bicyclic) bond motifs is 1. The zero-order valence-corrected chi connectivity index (χ0v) is 15.5. The number of amides is 1. The number of carboxylic acid groups (broad SMARTS) is 1. The highest BCUT2D eigenvalue weighted by atomic mass is 35.5. The minimum Gasteiger partial charge on any atom is -0.477 e. The molecular weight excluding hydrogens is 368 g/mol. The number of ether oxygens (including phenoxy) is 1. The zero-order chi connectivity index (χ0) is 17.3. The number of carbonyl (C=O) groups is 3. The van der Waals surface area contributed by atoms with Crippen LogP contribution in [0.1, 0.15) is 39.0 Å². The van der Waals surface area contributed by atoms with Crippen molar-refractivity contribution in [1.29, 1.82) is 0 Å². The van der Waals surface area contributed by atoms with Gasteiger partial charge in [-0.2, -0.15) is 0 Å². The Labute approximate surface area is 156 Å². The van der Waals surface area contributed by atoms with Gasteiger partial charge in [0.2, 0.25) is 0 Å². The van der Waals surface area contributed by atoms with Crippen LogP contribution in [0.2, 0.25) is 0 Å². The summed E-state index contributed by atoms with van der Waals surface area (Å²) in [5.74, 6) is -1.50. The van der Waals surface area contributed by atoms with E-state index in [1.165, 1.54) is 30.0 Å². The van der Waals surface area contributed by atoms with E-state index >= 15 is 0 Å². The average molecular weight is 389 g/mol. The zero-order valence-electron chi connectivity index (χ0n) is 13.9. The molecule has 138 valence electrons. The Bertz CT molecular complexity index is 640. The van der Waals surface area contributed by atoms with E-state index < -0.39 is 18.0 Å². The van der Waals surface area contributed by atoms with Crippen molar-refractivity contribution in [2.24, 2.45) is 4.99 Å². The number of carbonyl (C=O) groups excluding carboxylic acids is 2. The van der Waals surface area contributed by atoms with Gasteiger partial charge in [-0.1, -0.05) is 6.42 Å². The fourth-order valence-corrected chi connectivity index (χ4v) is 4.54. The molecule has 2 atom stereocenters. The van der Waals surface area contributed by atoms with Crippen LogP contribution in [0.3, 0.4) is 0 Å². The lowest BCUT2D eigenvalue weighted by atomic mass is 9.97. The highest BCUT2D eigenvalue weighted by molar-refractivity contribution is 8.00. The maximum Gasteiger partial charge on any atom is 0.352 e. The molecule has 1 amide bonds. The van der Waals surface area contributed by atoms with E-state index in [1.54, 1.807) is 0 Å². The summed E-state index contributed by atoms with van der Waals surface area (Å²) in [6.45, 7) is 1.17. The first-order valence-electron chi connectivity index (χ1n) is 8.08. The van der Waals surface area contributed by atoms with Gasteiger partial charge in [0.25, 0.3) is 5.91 Å². The fraction of sp³-hybridized carbons (Fsp3) is 0.625. The van der Waals surface area contributed by atoms with Gasteiger partial charge in [0, 0.05) is 24.0 Å². The predicted molar refractivity (Wildman–Crippen MR) is 95.9 cm³/mol. The number of carboxylic acids is 1. The van der Waals surface area contributed by atoms with Gasteiger partial charge in [0.05, 0.1) is 0 Å². The summed E-state index contributed by atoms with van der Waals surface area (Å²) in [5.41, 5.74) is 1.48. The SMILES string of the molecule is CC(=O)OCC1=C(C(=O)O)N2C(=O)C(N=C3CCCCC3)[C@@H]2SC1.Cl.